The Morgan fingerprint density at radius 1 is 1.44 bits per heavy atom. The van der Waals surface area contributed by atoms with Gasteiger partial charge in [0.1, 0.15) is 4.75 Å². The molecule has 2 rings (SSSR count). The summed E-state index contributed by atoms with van der Waals surface area (Å²) in [6.07, 6.45) is 7.05. The fourth-order valence-corrected chi connectivity index (χ4v) is 3.60. The number of carbonyl (C=O) groups excluding carboxylic acids is 1. The number of nitrogens with one attached hydrogen (secondary N) is 1. The summed E-state index contributed by atoms with van der Waals surface area (Å²) in [5, 5.41) is 13.0. The van der Waals surface area contributed by atoms with Gasteiger partial charge >= 0.3 is 0 Å². The maximum Gasteiger partial charge on any atom is 0.264 e. The summed E-state index contributed by atoms with van der Waals surface area (Å²) in [4.78, 5) is 15.9. The van der Waals surface area contributed by atoms with Crippen molar-refractivity contribution >= 4 is 22.8 Å². The smallest absolute Gasteiger partial charge is 0.264 e. The van der Waals surface area contributed by atoms with Crippen molar-refractivity contribution in [3.63, 3.8) is 0 Å². The molecule has 0 bridgehead atoms. The molecule has 102 valence electrons. The summed E-state index contributed by atoms with van der Waals surface area (Å²) in [6, 6.07) is 0. The van der Waals surface area contributed by atoms with Gasteiger partial charge in [-0.1, -0.05) is 31.0 Å². The molecule has 1 fully saturated rings. The first-order valence-corrected chi connectivity index (χ1v) is 7.62. The summed E-state index contributed by atoms with van der Waals surface area (Å²) in [6.45, 7) is 2.81. The topological polar surface area (TPSA) is 61.7 Å². The highest BCUT2D eigenvalue weighted by Crippen LogP contribution is 2.36. The third kappa shape index (κ3) is 3.26. The van der Waals surface area contributed by atoms with Crippen molar-refractivity contribution in [1.29, 1.82) is 0 Å². The average molecular weight is 270 g/mol. The monoisotopic (exact) mass is 270 g/mol. The maximum atomic E-state index is 11.8. The van der Waals surface area contributed by atoms with Crippen LogP contribution in [0, 0.1) is 5.92 Å². The molecule has 1 aliphatic heterocycles. The number of hydrogen-bond donors (Lipinski definition) is 2. The Morgan fingerprint density at radius 3 is 2.83 bits per heavy atom. The van der Waals surface area contributed by atoms with E-state index in [-0.39, 0.29) is 12.5 Å². The van der Waals surface area contributed by atoms with Crippen molar-refractivity contribution < 1.29 is 9.90 Å². The highest BCUT2D eigenvalue weighted by atomic mass is 32.2. The number of amides is 1. The number of aliphatic imine (C=N–C) groups is 1. The largest absolute Gasteiger partial charge is 0.396 e. The second kappa shape index (κ2) is 6.06. The predicted octanol–water partition coefficient (Wildman–Crippen LogP) is 1.93. The maximum absolute atomic E-state index is 11.8. The van der Waals surface area contributed by atoms with Gasteiger partial charge < -0.3 is 10.4 Å². The van der Waals surface area contributed by atoms with Crippen LogP contribution in [0.5, 0.6) is 0 Å². The molecule has 1 atom stereocenters. The van der Waals surface area contributed by atoms with E-state index in [1.54, 1.807) is 0 Å². The van der Waals surface area contributed by atoms with E-state index < -0.39 is 4.75 Å². The quantitative estimate of drug-likeness (QED) is 0.819. The Labute approximate surface area is 113 Å². The van der Waals surface area contributed by atoms with Gasteiger partial charge in [-0.2, -0.15) is 4.99 Å². The van der Waals surface area contributed by atoms with Gasteiger partial charge in [-0.3, -0.25) is 4.79 Å². The number of hydrogen-bond acceptors (Lipinski definition) is 4. The van der Waals surface area contributed by atoms with Gasteiger partial charge in [0.25, 0.3) is 5.91 Å². The Kier molecular flexibility index (Phi) is 4.67. The lowest BCUT2D eigenvalue weighted by Crippen LogP contribution is -2.30. The summed E-state index contributed by atoms with van der Waals surface area (Å²) in [5.74, 6) is 0.606. The highest BCUT2D eigenvalue weighted by molar-refractivity contribution is 8.16. The van der Waals surface area contributed by atoms with Crippen molar-refractivity contribution in [3.8, 4) is 0 Å². The molecule has 0 saturated heterocycles. The lowest BCUT2D eigenvalue weighted by atomic mass is 9.89. The van der Waals surface area contributed by atoms with Gasteiger partial charge in [0.2, 0.25) is 0 Å². The minimum Gasteiger partial charge on any atom is -0.396 e. The summed E-state index contributed by atoms with van der Waals surface area (Å²) in [5.41, 5.74) is 0. The van der Waals surface area contributed by atoms with E-state index in [2.05, 4.69) is 10.3 Å². The van der Waals surface area contributed by atoms with E-state index in [0.717, 1.165) is 17.6 Å². The van der Waals surface area contributed by atoms with Gasteiger partial charge in [0.15, 0.2) is 5.17 Å². The van der Waals surface area contributed by atoms with Crippen LogP contribution in [0.15, 0.2) is 4.99 Å². The van der Waals surface area contributed by atoms with Crippen LogP contribution in [0.25, 0.3) is 0 Å². The number of rotatable bonds is 4. The van der Waals surface area contributed by atoms with Gasteiger partial charge in [0, 0.05) is 13.2 Å². The molecule has 0 aromatic rings. The molecule has 0 aromatic carbocycles. The lowest BCUT2D eigenvalue weighted by Gasteiger charge is -2.22. The standard InChI is InChI=1S/C13H22N2O2S/c1-13(7-8-16)11(17)15-12(18-13)14-9-10-5-3-2-4-6-10/h10,16H,2-9H2,1H3,(H,14,15,17). The van der Waals surface area contributed by atoms with Gasteiger partial charge in [-0.05, 0) is 32.1 Å². The van der Waals surface area contributed by atoms with Gasteiger partial charge in [0.05, 0.1) is 0 Å². The SMILES string of the molecule is CC1(CCO)SC(NCC2CCCCC2)=NC1=O. The molecule has 4 nitrogen and oxygen atoms in total. The number of amidine groups is 1. The molecule has 0 radical (unpaired) electrons. The van der Waals surface area contributed by atoms with E-state index >= 15 is 0 Å². The van der Waals surface area contributed by atoms with E-state index in [1.165, 1.54) is 43.9 Å². The molecule has 1 aliphatic carbocycles. The van der Waals surface area contributed by atoms with Crippen LogP contribution in [0.3, 0.4) is 0 Å². The van der Waals surface area contributed by atoms with Crippen molar-refractivity contribution in [2.24, 2.45) is 10.9 Å². The average Bonchev–Trinajstić information content (AvgIpc) is 2.64. The van der Waals surface area contributed by atoms with E-state index in [1.807, 2.05) is 6.92 Å². The van der Waals surface area contributed by atoms with Crippen LogP contribution in [-0.4, -0.2) is 34.1 Å². The second-order valence-corrected chi connectivity index (χ2v) is 6.91. The van der Waals surface area contributed by atoms with Crippen LogP contribution in [0.1, 0.15) is 45.4 Å². The molecule has 1 heterocycles. The number of thioether (sulfide) groups is 1. The molecular weight excluding hydrogens is 248 g/mol. The normalized spacial score (nSPS) is 29.4. The van der Waals surface area contributed by atoms with Gasteiger partial charge in [-0.25, -0.2) is 0 Å². The Hall–Kier alpha value is -0.550. The van der Waals surface area contributed by atoms with Crippen LogP contribution in [0.4, 0.5) is 0 Å². The Morgan fingerprint density at radius 2 is 2.17 bits per heavy atom. The lowest BCUT2D eigenvalue weighted by molar-refractivity contribution is -0.119. The van der Waals surface area contributed by atoms with E-state index in [9.17, 15) is 4.79 Å². The van der Waals surface area contributed by atoms with Crippen LogP contribution in [-0.2, 0) is 4.79 Å². The molecule has 1 saturated carbocycles. The third-order valence-electron chi connectivity index (χ3n) is 3.83. The first-order valence-electron chi connectivity index (χ1n) is 6.81. The summed E-state index contributed by atoms with van der Waals surface area (Å²) in [7, 11) is 0. The molecule has 2 aliphatic rings. The number of aliphatic hydroxyl groups is 1. The predicted molar refractivity (Wildman–Crippen MR) is 74.7 cm³/mol. The second-order valence-electron chi connectivity index (χ2n) is 5.41. The van der Waals surface area contributed by atoms with Crippen molar-refractivity contribution in [3.05, 3.63) is 0 Å². The van der Waals surface area contributed by atoms with Crippen molar-refractivity contribution in [2.75, 3.05) is 13.2 Å². The van der Waals surface area contributed by atoms with Crippen LogP contribution in [0.2, 0.25) is 0 Å². The van der Waals surface area contributed by atoms with Crippen LogP contribution < -0.4 is 5.32 Å². The molecule has 1 unspecified atom stereocenters. The van der Waals surface area contributed by atoms with Crippen LogP contribution >= 0.6 is 11.8 Å². The minimum absolute atomic E-state index is 0.0284. The molecule has 0 aromatic heterocycles. The third-order valence-corrected chi connectivity index (χ3v) is 5.09. The minimum atomic E-state index is -0.566. The molecule has 0 spiro atoms. The first-order chi connectivity index (χ1) is 8.64. The van der Waals surface area contributed by atoms with Crippen molar-refractivity contribution in [2.45, 2.75) is 50.2 Å². The fraction of sp³-hybridized carbons (Fsp3) is 0.846. The molecule has 5 heteroatoms. The first kappa shape index (κ1) is 13.9. The molecular formula is C13H22N2O2S. The van der Waals surface area contributed by atoms with E-state index in [4.69, 9.17) is 5.11 Å². The van der Waals surface area contributed by atoms with Gasteiger partial charge in [-0.15, -0.1) is 0 Å². The number of nitrogens with zero attached hydrogens (tertiary/aromatic N) is 1. The van der Waals surface area contributed by atoms with Crippen molar-refractivity contribution in [1.82, 2.24) is 5.32 Å². The van der Waals surface area contributed by atoms with E-state index in [0.29, 0.717) is 6.42 Å². The molecule has 2 N–H and O–H groups in total. The number of carbonyl (C=O) groups is 1. The fourth-order valence-electron chi connectivity index (χ4n) is 2.56. The summed E-state index contributed by atoms with van der Waals surface area (Å²) < 4.78 is -0.566. The zero-order valence-corrected chi connectivity index (χ0v) is 11.8. The zero-order chi connectivity index (χ0) is 13.0. The zero-order valence-electron chi connectivity index (χ0n) is 10.9. The Balaban J connectivity index is 1.80. The number of aliphatic hydroxyl groups excluding tert-OH is 1. The molecule has 1 amide bonds. The Bertz CT molecular complexity index is 340. The highest BCUT2D eigenvalue weighted by Gasteiger charge is 2.40. The summed E-state index contributed by atoms with van der Waals surface area (Å²) >= 11 is 1.46. The molecule has 18 heavy (non-hydrogen) atoms.